The molecule has 18 heavy (non-hydrogen) atoms. The van der Waals surface area contributed by atoms with Crippen LogP contribution in [0.1, 0.15) is 5.56 Å². The number of hydrogen-bond acceptors (Lipinski definition) is 3. The summed E-state index contributed by atoms with van der Waals surface area (Å²) in [4.78, 5) is 2.63. The van der Waals surface area contributed by atoms with Crippen molar-refractivity contribution in [1.29, 1.82) is 0 Å². The van der Waals surface area contributed by atoms with Gasteiger partial charge in [0.2, 0.25) is 0 Å². The van der Waals surface area contributed by atoms with Crippen LogP contribution < -0.4 is 5.73 Å². The van der Waals surface area contributed by atoms with E-state index in [9.17, 15) is 0 Å². The van der Waals surface area contributed by atoms with Crippen LogP contribution in [-0.2, 0) is 0 Å². The van der Waals surface area contributed by atoms with E-state index in [0.29, 0.717) is 0 Å². The van der Waals surface area contributed by atoms with Gasteiger partial charge in [0.05, 0.1) is 0 Å². The third kappa shape index (κ3) is 4.00. The summed E-state index contributed by atoms with van der Waals surface area (Å²) in [5, 5.41) is 0. The van der Waals surface area contributed by atoms with Crippen LogP contribution in [0.5, 0.6) is 0 Å². The zero-order valence-corrected chi connectivity index (χ0v) is 12.1. The molecule has 2 aromatic rings. The second kappa shape index (κ2) is 6.76. The molecule has 2 aromatic carbocycles. The lowest BCUT2D eigenvalue weighted by Crippen LogP contribution is -1.89. The van der Waals surface area contributed by atoms with Gasteiger partial charge in [-0.1, -0.05) is 24.3 Å². The molecule has 0 amide bonds. The lowest BCUT2D eigenvalue weighted by Gasteiger charge is -2.06. The van der Waals surface area contributed by atoms with E-state index in [0.717, 1.165) is 17.2 Å². The molecule has 0 saturated carbocycles. The second-order valence-electron chi connectivity index (χ2n) is 4.03. The number of anilines is 1. The summed E-state index contributed by atoms with van der Waals surface area (Å²) in [5.74, 6) is 2.22. The molecule has 0 saturated heterocycles. The number of aryl methyl sites for hydroxylation is 1. The summed E-state index contributed by atoms with van der Waals surface area (Å²) in [6.45, 7) is 2.13. The predicted molar refractivity (Wildman–Crippen MR) is 83.5 cm³/mol. The lowest BCUT2D eigenvalue weighted by molar-refractivity contribution is 1.30. The van der Waals surface area contributed by atoms with E-state index in [1.54, 1.807) is 0 Å². The van der Waals surface area contributed by atoms with Crippen molar-refractivity contribution in [2.24, 2.45) is 0 Å². The first kappa shape index (κ1) is 13.4. The van der Waals surface area contributed by atoms with Crippen LogP contribution in [0.15, 0.2) is 58.3 Å². The minimum atomic E-state index is 0.846. The Kier molecular flexibility index (Phi) is 5.02. The van der Waals surface area contributed by atoms with Gasteiger partial charge in [0.25, 0.3) is 0 Å². The summed E-state index contributed by atoms with van der Waals surface area (Å²) in [6, 6.07) is 16.6. The quantitative estimate of drug-likeness (QED) is 0.495. The fraction of sp³-hybridized carbons (Fsp3) is 0.200. The van der Waals surface area contributed by atoms with Crippen molar-refractivity contribution in [3.05, 3.63) is 54.1 Å². The van der Waals surface area contributed by atoms with Gasteiger partial charge >= 0.3 is 0 Å². The average molecular weight is 275 g/mol. The van der Waals surface area contributed by atoms with Crippen molar-refractivity contribution >= 4 is 29.2 Å². The number of benzene rings is 2. The predicted octanol–water partition coefficient (Wildman–Crippen LogP) is 4.46. The van der Waals surface area contributed by atoms with Gasteiger partial charge in [-0.15, -0.1) is 23.5 Å². The number of rotatable bonds is 5. The molecule has 0 aliphatic carbocycles. The van der Waals surface area contributed by atoms with Crippen LogP contribution in [-0.4, -0.2) is 11.5 Å². The van der Waals surface area contributed by atoms with E-state index in [1.807, 2.05) is 29.6 Å². The standard InChI is InChI=1S/C15H17NS2/c1-12-7-8-13(16)11-15(12)18-10-9-17-14-5-3-2-4-6-14/h2-8,11H,9-10,16H2,1H3. The fourth-order valence-electron chi connectivity index (χ4n) is 1.60. The third-order valence-electron chi connectivity index (χ3n) is 2.57. The molecule has 2 N–H and O–H groups in total. The van der Waals surface area contributed by atoms with E-state index < -0.39 is 0 Å². The molecule has 0 aliphatic heterocycles. The first-order chi connectivity index (χ1) is 8.75. The Morgan fingerprint density at radius 1 is 0.944 bits per heavy atom. The largest absolute Gasteiger partial charge is 0.399 e. The topological polar surface area (TPSA) is 26.0 Å². The fourth-order valence-corrected chi connectivity index (χ4v) is 3.59. The second-order valence-corrected chi connectivity index (χ2v) is 6.34. The van der Waals surface area contributed by atoms with Gasteiger partial charge in [0.1, 0.15) is 0 Å². The molecule has 0 heterocycles. The SMILES string of the molecule is Cc1ccc(N)cc1SCCSc1ccccc1. The Bertz CT molecular complexity index is 497. The highest BCUT2D eigenvalue weighted by molar-refractivity contribution is 8.03. The Morgan fingerprint density at radius 2 is 1.67 bits per heavy atom. The molecule has 0 unspecified atom stereocenters. The highest BCUT2D eigenvalue weighted by Gasteiger charge is 2.00. The first-order valence-corrected chi connectivity index (χ1v) is 7.89. The van der Waals surface area contributed by atoms with Crippen LogP contribution in [0.3, 0.4) is 0 Å². The van der Waals surface area contributed by atoms with Crippen LogP contribution in [0.25, 0.3) is 0 Å². The molecular weight excluding hydrogens is 258 g/mol. The number of thioether (sulfide) groups is 2. The lowest BCUT2D eigenvalue weighted by atomic mass is 10.2. The third-order valence-corrected chi connectivity index (χ3v) is 5.00. The maximum absolute atomic E-state index is 5.80. The smallest absolute Gasteiger partial charge is 0.0325 e. The van der Waals surface area contributed by atoms with E-state index in [2.05, 4.69) is 49.4 Å². The van der Waals surface area contributed by atoms with Crippen LogP contribution >= 0.6 is 23.5 Å². The first-order valence-electron chi connectivity index (χ1n) is 5.92. The van der Waals surface area contributed by atoms with Crippen molar-refractivity contribution in [3.63, 3.8) is 0 Å². The minimum absolute atomic E-state index is 0.846. The summed E-state index contributed by atoms with van der Waals surface area (Å²) in [5.41, 5.74) is 7.95. The molecule has 0 fully saturated rings. The summed E-state index contributed by atoms with van der Waals surface area (Å²) >= 11 is 3.78. The summed E-state index contributed by atoms with van der Waals surface area (Å²) in [7, 11) is 0. The highest BCUT2D eigenvalue weighted by atomic mass is 32.2. The molecule has 0 atom stereocenters. The molecule has 0 aliphatic rings. The van der Waals surface area contributed by atoms with Gasteiger partial charge in [-0.05, 0) is 36.8 Å². The van der Waals surface area contributed by atoms with Crippen LogP contribution in [0.2, 0.25) is 0 Å². The van der Waals surface area contributed by atoms with E-state index in [1.165, 1.54) is 15.4 Å². The minimum Gasteiger partial charge on any atom is -0.399 e. The van der Waals surface area contributed by atoms with Gasteiger partial charge in [-0.3, -0.25) is 0 Å². The van der Waals surface area contributed by atoms with Gasteiger partial charge < -0.3 is 5.73 Å². The normalized spacial score (nSPS) is 10.5. The Morgan fingerprint density at radius 3 is 2.44 bits per heavy atom. The van der Waals surface area contributed by atoms with Crippen molar-refractivity contribution in [2.75, 3.05) is 17.2 Å². The monoisotopic (exact) mass is 275 g/mol. The van der Waals surface area contributed by atoms with Gasteiger partial charge in [-0.2, -0.15) is 0 Å². The number of nitrogens with two attached hydrogens (primary N) is 1. The number of hydrogen-bond donors (Lipinski definition) is 1. The summed E-state index contributed by atoms with van der Waals surface area (Å²) < 4.78 is 0. The molecule has 0 radical (unpaired) electrons. The maximum atomic E-state index is 5.80. The van der Waals surface area contributed by atoms with E-state index >= 15 is 0 Å². The maximum Gasteiger partial charge on any atom is 0.0325 e. The van der Waals surface area contributed by atoms with E-state index in [4.69, 9.17) is 5.73 Å². The Hall–Kier alpha value is -1.06. The van der Waals surface area contributed by atoms with Crippen molar-refractivity contribution in [2.45, 2.75) is 16.7 Å². The molecule has 3 heteroatoms. The molecular formula is C15H17NS2. The zero-order chi connectivity index (χ0) is 12.8. The zero-order valence-electron chi connectivity index (χ0n) is 10.4. The van der Waals surface area contributed by atoms with Gasteiger partial charge in [-0.25, -0.2) is 0 Å². The van der Waals surface area contributed by atoms with Crippen LogP contribution in [0, 0.1) is 6.92 Å². The van der Waals surface area contributed by atoms with Crippen molar-refractivity contribution in [3.8, 4) is 0 Å². The highest BCUT2D eigenvalue weighted by Crippen LogP contribution is 2.26. The number of nitrogen functional groups attached to an aromatic ring is 1. The van der Waals surface area contributed by atoms with Crippen molar-refractivity contribution < 1.29 is 0 Å². The Labute approximate surface area is 117 Å². The molecule has 0 spiro atoms. The molecule has 1 nitrogen and oxygen atoms in total. The molecule has 0 bridgehead atoms. The van der Waals surface area contributed by atoms with Gasteiger partial charge in [0.15, 0.2) is 0 Å². The van der Waals surface area contributed by atoms with Gasteiger partial charge in [0, 0.05) is 27.0 Å². The summed E-state index contributed by atoms with van der Waals surface area (Å²) in [6.07, 6.45) is 0. The van der Waals surface area contributed by atoms with Crippen LogP contribution in [0.4, 0.5) is 5.69 Å². The van der Waals surface area contributed by atoms with E-state index in [-0.39, 0.29) is 0 Å². The van der Waals surface area contributed by atoms with Crippen molar-refractivity contribution in [1.82, 2.24) is 0 Å². The molecule has 2 rings (SSSR count). The average Bonchev–Trinajstić information content (AvgIpc) is 2.40. The molecule has 94 valence electrons. The Balaban J connectivity index is 1.80. The molecule has 0 aromatic heterocycles.